The third-order valence-corrected chi connectivity index (χ3v) is 3.11. The summed E-state index contributed by atoms with van der Waals surface area (Å²) in [4.78, 5) is 1.55. The largest absolute Gasteiger partial charge is 0.395 e. The van der Waals surface area contributed by atoms with E-state index in [2.05, 4.69) is 26.1 Å². The second kappa shape index (κ2) is 7.71. The van der Waals surface area contributed by atoms with Crippen LogP contribution in [0.5, 0.6) is 0 Å². The molecular formula is C16H26F2N2O. The topological polar surface area (TPSA) is 35.5 Å². The quantitative estimate of drug-likeness (QED) is 0.812. The molecule has 1 aromatic carbocycles. The van der Waals surface area contributed by atoms with Crippen molar-refractivity contribution in [2.24, 2.45) is 0 Å². The fourth-order valence-corrected chi connectivity index (χ4v) is 2.12. The zero-order valence-electron chi connectivity index (χ0n) is 13.3. The first-order chi connectivity index (χ1) is 9.73. The van der Waals surface area contributed by atoms with Crippen molar-refractivity contribution in [1.82, 2.24) is 5.32 Å². The van der Waals surface area contributed by atoms with Crippen LogP contribution in [0, 0.1) is 6.92 Å². The van der Waals surface area contributed by atoms with Gasteiger partial charge in [0.2, 0.25) is 0 Å². The molecule has 0 heterocycles. The first-order valence-electron chi connectivity index (χ1n) is 7.21. The third-order valence-electron chi connectivity index (χ3n) is 3.11. The summed E-state index contributed by atoms with van der Waals surface area (Å²) in [6.45, 7) is 8.46. The fourth-order valence-electron chi connectivity index (χ4n) is 2.12. The summed E-state index contributed by atoms with van der Waals surface area (Å²) in [5.41, 5.74) is 2.77. The zero-order chi connectivity index (χ0) is 16.0. The maximum atomic E-state index is 12.7. The number of hydrogen-bond donors (Lipinski definition) is 2. The molecule has 21 heavy (non-hydrogen) atoms. The van der Waals surface area contributed by atoms with Crippen LogP contribution in [0.3, 0.4) is 0 Å². The normalized spacial score (nSPS) is 12.0. The van der Waals surface area contributed by atoms with Crippen molar-refractivity contribution < 1.29 is 13.9 Å². The average Bonchev–Trinajstić information content (AvgIpc) is 2.34. The molecule has 0 spiro atoms. The summed E-state index contributed by atoms with van der Waals surface area (Å²) in [5, 5.41) is 12.5. The first-order valence-corrected chi connectivity index (χ1v) is 7.21. The molecule has 1 aromatic rings. The SMILES string of the molecule is Cc1ccc(N(CCO)CC(F)F)c(CNC(C)(C)C)c1. The average molecular weight is 300 g/mol. The predicted molar refractivity (Wildman–Crippen MR) is 83.1 cm³/mol. The molecule has 0 aliphatic heterocycles. The van der Waals surface area contributed by atoms with Crippen molar-refractivity contribution in [2.75, 3.05) is 24.6 Å². The van der Waals surface area contributed by atoms with E-state index in [-0.39, 0.29) is 25.2 Å². The zero-order valence-corrected chi connectivity index (χ0v) is 13.3. The molecule has 0 radical (unpaired) electrons. The van der Waals surface area contributed by atoms with Gasteiger partial charge in [-0.25, -0.2) is 8.78 Å². The molecule has 0 bridgehead atoms. The minimum Gasteiger partial charge on any atom is -0.395 e. The van der Waals surface area contributed by atoms with Crippen molar-refractivity contribution >= 4 is 5.69 Å². The molecule has 0 atom stereocenters. The lowest BCUT2D eigenvalue weighted by atomic mass is 10.0. The van der Waals surface area contributed by atoms with Crippen LogP contribution >= 0.6 is 0 Å². The number of nitrogens with zero attached hydrogens (tertiary/aromatic N) is 1. The lowest BCUT2D eigenvalue weighted by Gasteiger charge is -2.28. The van der Waals surface area contributed by atoms with E-state index in [1.54, 1.807) is 4.90 Å². The standard InChI is InChI=1S/C16H26F2N2O/c1-12-5-6-14(20(7-8-21)11-15(17)18)13(9-12)10-19-16(2,3)4/h5-6,9,15,19,21H,7-8,10-11H2,1-4H3. The number of hydrogen-bond acceptors (Lipinski definition) is 3. The molecule has 1 rings (SSSR count). The van der Waals surface area contributed by atoms with Gasteiger partial charge in [-0.2, -0.15) is 0 Å². The Kier molecular flexibility index (Phi) is 6.55. The van der Waals surface area contributed by atoms with Crippen molar-refractivity contribution in [3.63, 3.8) is 0 Å². The molecule has 0 aromatic heterocycles. The lowest BCUT2D eigenvalue weighted by molar-refractivity contribution is 0.152. The highest BCUT2D eigenvalue weighted by Gasteiger charge is 2.17. The second-order valence-electron chi connectivity index (χ2n) is 6.30. The molecule has 0 fully saturated rings. The molecule has 3 nitrogen and oxygen atoms in total. The number of rotatable bonds is 7. The number of halogens is 2. The number of aryl methyl sites for hydroxylation is 1. The van der Waals surface area contributed by atoms with Gasteiger partial charge in [-0.1, -0.05) is 17.7 Å². The van der Waals surface area contributed by atoms with Crippen LogP contribution in [0.15, 0.2) is 18.2 Å². The van der Waals surface area contributed by atoms with Gasteiger partial charge in [0.15, 0.2) is 0 Å². The van der Waals surface area contributed by atoms with Gasteiger partial charge in [-0.05, 0) is 39.3 Å². The van der Waals surface area contributed by atoms with Gasteiger partial charge in [0.25, 0.3) is 6.43 Å². The second-order valence-corrected chi connectivity index (χ2v) is 6.30. The van der Waals surface area contributed by atoms with Gasteiger partial charge >= 0.3 is 0 Å². The van der Waals surface area contributed by atoms with Gasteiger partial charge in [0, 0.05) is 24.3 Å². The highest BCUT2D eigenvalue weighted by atomic mass is 19.3. The molecule has 0 aliphatic rings. The Morgan fingerprint density at radius 2 is 1.95 bits per heavy atom. The maximum Gasteiger partial charge on any atom is 0.255 e. The number of benzene rings is 1. The van der Waals surface area contributed by atoms with E-state index in [9.17, 15) is 8.78 Å². The monoisotopic (exact) mass is 300 g/mol. The van der Waals surface area contributed by atoms with Crippen molar-refractivity contribution in [2.45, 2.75) is 46.2 Å². The molecule has 0 saturated heterocycles. The van der Waals surface area contributed by atoms with E-state index in [0.717, 1.165) is 16.8 Å². The van der Waals surface area contributed by atoms with Crippen molar-refractivity contribution in [3.05, 3.63) is 29.3 Å². The maximum absolute atomic E-state index is 12.7. The number of nitrogens with one attached hydrogen (secondary N) is 1. The summed E-state index contributed by atoms with van der Waals surface area (Å²) in [6, 6.07) is 5.77. The Bertz CT molecular complexity index is 444. The number of aliphatic hydroxyl groups is 1. The predicted octanol–water partition coefficient (Wildman–Crippen LogP) is 2.95. The fraction of sp³-hybridized carbons (Fsp3) is 0.625. The van der Waals surface area contributed by atoms with E-state index in [4.69, 9.17) is 5.11 Å². The van der Waals surface area contributed by atoms with Crippen molar-refractivity contribution in [3.8, 4) is 0 Å². The summed E-state index contributed by atoms with van der Waals surface area (Å²) < 4.78 is 25.5. The Hall–Kier alpha value is -1.20. The smallest absolute Gasteiger partial charge is 0.255 e. The summed E-state index contributed by atoms with van der Waals surface area (Å²) in [7, 11) is 0. The van der Waals surface area contributed by atoms with E-state index in [1.807, 2.05) is 25.1 Å². The van der Waals surface area contributed by atoms with Gasteiger partial charge < -0.3 is 15.3 Å². The van der Waals surface area contributed by atoms with Gasteiger partial charge in [-0.3, -0.25) is 0 Å². The molecule has 0 aliphatic carbocycles. The van der Waals surface area contributed by atoms with E-state index < -0.39 is 6.43 Å². The highest BCUT2D eigenvalue weighted by Crippen LogP contribution is 2.23. The van der Waals surface area contributed by atoms with Crippen LogP contribution in [0.25, 0.3) is 0 Å². The third kappa shape index (κ3) is 6.40. The minimum absolute atomic E-state index is 0.0501. The van der Waals surface area contributed by atoms with Crippen LogP contribution in [-0.2, 0) is 6.54 Å². The van der Waals surface area contributed by atoms with Gasteiger partial charge in [-0.15, -0.1) is 0 Å². The lowest BCUT2D eigenvalue weighted by Crippen LogP contribution is -2.37. The Labute approximate surface area is 126 Å². The van der Waals surface area contributed by atoms with Gasteiger partial charge in [0.1, 0.15) is 0 Å². The number of anilines is 1. The molecule has 0 saturated carbocycles. The van der Waals surface area contributed by atoms with E-state index in [0.29, 0.717) is 6.54 Å². The molecule has 2 N–H and O–H groups in total. The minimum atomic E-state index is -2.43. The molecule has 5 heteroatoms. The summed E-state index contributed by atoms with van der Waals surface area (Å²) in [6.07, 6.45) is -2.43. The molecule has 0 amide bonds. The summed E-state index contributed by atoms with van der Waals surface area (Å²) >= 11 is 0. The Morgan fingerprint density at radius 1 is 1.29 bits per heavy atom. The molecule has 0 unspecified atom stereocenters. The Balaban J connectivity index is 3.02. The molecular weight excluding hydrogens is 274 g/mol. The van der Waals surface area contributed by atoms with Crippen LogP contribution in [-0.4, -0.2) is 36.8 Å². The number of alkyl halides is 2. The Morgan fingerprint density at radius 3 is 2.48 bits per heavy atom. The van der Waals surface area contributed by atoms with E-state index >= 15 is 0 Å². The van der Waals surface area contributed by atoms with Crippen LogP contribution in [0.2, 0.25) is 0 Å². The van der Waals surface area contributed by atoms with Crippen molar-refractivity contribution in [1.29, 1.82) is 0 Å². The van der Waals surface area contributed by atoms with Crippen LogP contribution in [0.4, 0.5) is 14.5 Å². The van der Waals surface area contributed by atoms with Crippen LogP contribution in [0.1, 0.15) is 31.9 Å². The number of aliphatic hydroxyl groups excluding tert-OH is 1. The highest BCUT2D eigenvalue weighted by molar-refractivity contribution is 5.55. The first kappa shape index (κ1) is 17.9. The van der Waals surface area contributed by atoms with E-state index in [1.165, 1.54) is 0 Å². The van der Waals surface area contributed by atoms with Gasteiger partial charge in [0.05, 0.1) is 13.2 Å². The van der Waals surface area contributed by atoms with Crippen LogP contribution < -0.4 is 10.2 Å². The molecule has 120 valence electrons. The summed E-state index contributed by atoms with van der Waals surface area (Å²) in [5.74, 6) is 0.